The molecule has 1 aliphatic rings. The summed E-state index contributed by atoms with van der Waals surface area (Å²) in [6, 6.07) is 22.8. The van der Waals surface area contributed by atoms with E-state index in [0.717, 1.165) is 32.2 Å². The fourth-order valence-electron chi connectivity index (χ4n) is 4.30. The van der Waals surface area contributed by atoms with Crippen molar-refractivity contribution in [3.63, 3.8) is 0 Å². The fourth-order valence-corrected chi connectivity index (χ4v) is 5.30. The molecule has 4 aromatic rings. The minimum Gasteiger partial charge on any atom is -0.497 e. The minimum atomic E-state index is -0.149. The molecule has 6 nitrogen and oxygen atoms in total. The molecule has 172 valence electrons. The number of urea groups is 1. The van der Waals surface area contributed by atoms with Crippen LogP contribution in [0.25, 0.3) is 20.8 Å². The van der Waals surface area contributed by atoms with Crippen LogP contribution in [0.15, 0.2) is 72.8 Å². The van der Waals surface area contributed by atoms with Gasteiger partial charge in [-0.3, -0.25) is 4.79 Å². The average Bonchev–Trinajstić information content (AvgIpc) is 3.33. The number of rotatable bonds is 5. The third-order valence-corrected chi connectivity index (χ3v) is 7.29. The number of ether oxygens (including phenoxy) is 1. The number of Topliss-reactive ketones (excluding diaryl/α,β-unsaturated/α-hetero) is 1. The van der Waals surface area contributed by atoms with Gasteiger partial charge in [-0.2, -0.15) is 0 Å². The van der Waals surface area contributed by atoms with Crippen molar-refractivity contribution >= 4 is 39.1 Å². The first kappa shape index (κ1) is 22.1. The maximum atomic E-state index is 13.0. The molecule has 0 aliphatic carbocycles. The van der Waals surface area contributed by atoms with Crippen molar-refractivity contribution in [3.05, 3.63) is 78.4 Å². The number of ketones is 1. The number of aromatic nitrogens is 1. The van der Waals surface area contributed by atoms with E-state index in [0.29, 0.717) is 31.5 Å². The molecule has 0 radical (unpaired) electrons. The molecule has 0 atom stereocenters. The second kappa shape index (κ2) is 9.65. The van der Waals surface area contributed by atoms with Crippen LogP contribution < -0.4 is 10.1 Å². The van der Waals surface area contributed by atoms with E-state index in [1.165, 1.54) is 0 Å². The lowest BCUT2D eigenvalue weighted by Gasteiger charge is -2.31. The van der Waals surface area contributed by atoms with Crippen molar-refractivity contribution in [2.75, 3.05) is 25.5 Å². The second-order valence-corrected chi connectivity index (χ2v) is 9.35. The Labute approximate surface area is 202 Å². The molecule has 7 heteroatoms. The largest absolute Gasteiger partial charge is 0.497 e. The molecular formula is C27H25N3O3S. The first-order valence-corrected chi connectivity index (χ1v) is 12.1. The number of nitrogens with one attached hydrogen (secondary N) is 1. The Kier molecular flexibility index (Phi) is 6.27. The number of thiazole rings is 1. The van der Waals surface area contributed by atoms with Crippen LogP contribution in [0.5, 0.6) is 5.75 Å². The van der Waals surface area contributed by atoms with Crippen LogP contribution in [0.4, 0.5) is 10.5 Å². The molecule has 3 aromatic carbocycles. The van der Waals surface area contributed by atoms with Crippen LogP contribution in [0.2, 0.25) is 0 Å². The van der Waals surface area contributed by atoms with Crippen molar-refractivity contribution < 1.29 is 14.3 Å². The molecule has 5 rings (SSSR count). The van der Waals surface area contributed by atoms with E-state index in [2.05, 4.69) is 11.4 Å². The lowest BCUT2D eigenvalue weighted by Crippen LogP contribution is -2.42. The number of amides is 2. The summed E-state index contributed by atoms with van der Waals surface area (Å²) in [4.78, 5) is 32.4. The molecule has 1 N–H and O–H groups in total. The quantitative estimate of drug-likeness (QED) is 0.357. The Morgan fingerprint density at radius 3 is 2.41 bits per heavy atom. The van der Waals surface area contributed by atoms with Gasteiger partial charge in [0.2, 0.25) is 0 Å². The van der Waals surface area contributed by atoms with Crippen LogP contribution in [0.1, 0.15) is 23.2 Å². The van der Waals surface area contributed by atoms with Gasteiger partial charge in [0.1, 0.15) is 10.8 Å². The molecule has 2 amide bonds. The standard InChI is InChI=1S/C27H25N3O3S/c1-33-20-12-10-18(11-13-20)25(31)19-14-16-30(17-15-19)27(32)29-22-7-3-2-6-21(22)26-28-23-8-4-5-9-24(23)34-26/h2-13,19H,14-17H2,1H3,(H,29,32). The van der Waals surface area contributed by atoms with Crippen molar-refractivity contribution in [1.82, 2.24) is 9.88 Å². The summed E-state index contributed by atoms with van der Waals surface area (Å²) in [6.07, 6.45) is 1.30. The first-order valence-electron chi connectivity index (χ1n) is 11.3. The van der Waals surface area contributed by atoms with Gasteiger partial charge in [0, 0.05) is 30.1 Å². The third kappa shape index (κ3) is 4.52. The van der Waals surface area contributed by atoms with Gasteiger partial charge < -0.3 is 15.0 Å². The van der Waals surface area contributed by atoms with Crippen LogP contribution in [0.3, 0.4) is 0 Å². The van der Waals surface area contributed by atoms with E-state index in [1.54, 1.807) is 47.6 Å². The predicted octanol–water partition coefficient (Wildman–Crippen LogP) is 6.10. The number of anilines is 1. The van der Waals surface area contributed by atoms with E-state index in [1.807, 2.05) is 42.5 Å². The summed E-state index contributed by atoms with van der Waals surface area (Å²) < 4.78 is 6.28. The first-order chi connectivity index (χ1) is 16.6. The fraction of sp³-hybridized carbons (Fsp3) is 0.222. The highest BCUT2D eigenvalue weighted by atomic mass is 32.1. The minimum absolute atomic E-state index is 0.0764. The Morgan fingerprint density at radius 1 is 0.971 bits per heavy atom. The number of para-hydroxylation sites is 2. The highest BCUT2D eigenvalue weighted by molar-refractivity contribution is 7.21. The summed E-state index contributed by atoms with van der Waals surface area (Å²) in [5, 5.41) is 3.94. The molecule has 1 fully saturated rings. The summed E-state index contributed by atoms with van der Waals surface area (Å²) in [5.41, 5.74) is 3.28. The molecule has 2 heterocycles. The van der Waals surface area contributed by atoms with Gasteiger partial charge in [0.05, 0.1) is 23.0 Å². The van der Waals surface area contributed by atoms with Crippen LogP contribution in [0, 0.1) is 5.92 Å². The van der Waals surface area contributed by atoms with E-state index < -0.39 is 0 Å². The molecule has 0 spiro atoms. The zero-order valence-electron chi connectivity index (χ0n) is 18.9. The Morgan fingerprint density at radius 2 is 1.68 bits per heavy atom. The maximum absolute atomic E-state index is 13.0. The lowest BCUT2D eigenvalue weighted by atomic mass is 9.89. The molecule has 0 unspecified atom stereocenters. The predicted molar refractivity (Wildman–Crippen MR) is 136 cm³/mol. The molecule has 1 aliphatic heterocycles. The number of piperidine rings is 1. The SMILES string of the molecule is COc1ccc(C(=O)C2CCN(C(=O)Nc3ccccc3-c3nc4ccccc4s3)CC2)cc1. The number of carbonyl (C=O) groups excluding carboxylic acids is 2. The monoisotopic (exact) mass is 471 g/mol. The van der Waals surface area contributed by atoms with Gasteiger partial charge in [-0.1, -0.05) is 24.3 Å². The lowest BCUT2D eigenvalue weighted by molar-refractivity contribution is 0.0859. The topological polar surface area (TPSA) is 71.5 Å². The highest BCUT2D eigenvalue weighted by Gasteiger charge is 2.28. The van der Waals surface area contributed by atoms with Gasteiger partial charge in [0.25, 0.3) is 0 Å². The molecular weight excluding hydrogens is 446 g/mol. The van der Waals surface area contributed by atoms with Gasteiger partial charge >= 0.3 is 6.03 Å². The van der Waals surface area contributed by atoms with Crippen molar-refractivity contribution in [1.29, 1.82) is 0 Å². The van der Waals surface area contributed by atoms with Crippen molar-refractivity contribution in [2.24, 2.45) is 5.92 Å². The van der Waals surface area contributed by atoms with Gasteiger partial charge in [-0.05, 0) is 61.4 Å². The summed E-state index contributed by atoms with van der Waals surface area (Å²) in [7, 11) is 1.61. The number of likely N-dealkylation sites (tertiary alicyclic amines) is 1. The van der Waals surface area contributed by atoms with Crippen LogP contribution in [-0.4, -0.2) is 41.9 Å². The van der Waals surface area contributed by atoms with E-state index in [9.17, 15) is 9.59 Å². The normalized spacial score (nSPS) is 14.2. The molecule has 1 aromatic heterocycles. The number of benzene rings is 3. The van der Waals surface area contributed by atoms with Gasteiger partial charge in [0.15, 0.2) is 5.78 Å². The van der Waals surface area contributed by atoms with Gasteiger partial charge in [-0.15, -0.1) is 11.3 Å². The number of methoxy groups -OCH3 is 1. The zero-order chi connectivity index (χ0) is 23.5. The number of nitrogens with zero attached hydrogens (tertiary/aromatic N) is 2. The highest BCUT2D eigenvalue weighted by Crippen LogP contribution is 2.34. The van der Waals surface area contributed by atoms with Gasteiger partial charge in [-0.25, -0.2) is 9.78 Å². The molecule has 34 heavy (non-hydrogen) atoms. The number of carbonyl (C=O) groups is 2. The van der Waals surface area contributed by atoms with Crippen LogP contribution >= 0.6 is 11.3 Å². The van der Waals surface area contributed by atoms with E-state index >= 15 is 0 Å². The summed E-state index contributed by atoms with van der Waals surface area (Å²) >= 11 is 1.61. The van der Waals surface area contributed by atoms with Crippen LogP contribution in [-0.2, 0) is 0 Å². The number of hydrogen-bond acceptors (Lipinski definition) is 5. The Hall–Kier alpha value is -3.71. The number of fused-ring (bicyclic) bond motifs is 1. The van der Waals surface area contributed by atoms with Crippen molar-refractivity contribution in [3.8, 4) is 16.3 Å². The number of hydrogen-bond donors (Lipinski definition) is 1. The second-order valence-electron chi connectivity index (χ2n) is 8.32. The van der Waals surface area contributed by atoms with E-state index in [4.69, 9.17) is 9.72 Å². The smallest absolute Gasteiger partial charge is 0.321 e. The maximum Gasteiger partial charge on any atom is 0.321 e. The van der Waals surface area contributed by atoms with Crippen molar-refractivity contribution in [2.45, 2.75) is 12.8 Å². The summed E-state index contributed by atoms with van der Waals surface area (Å²) in [6.45, 7) is 1.09. The molecule has 1 saturated heterocycles. The third-order valence-electron chi connectivity index (χ3n) is 6.22. The average molecular weight is 472 g/mol. The molecule has 0 bridgehead atoms. The zero-order valence-corrected chi connectivity index (χ0v) is 19.7. The molecule has 0 saturated carbocycles. The Bertz CT molecular complexity index is 1290. The van der Waals surface area contributed by atoms with E-state index in [-0.39, 0.29) is 17.7 Å². The Balaban J connectivity index is 1.24. The summed E-state index contributed by atoms with van der Waals surface area (Å²) in [5.74, 6) is 0.783.